The Labute approximate surface area is 96.4 Å². The first-order valence-electron chi connectivity index (χ1n) is 5.81. The molecule has 82 valence electrons. The number of fused-ring (bicyclic) bond motifs is 2. The van der Waals surface area contributed by atoms with E-state index in [2.05, 4.69) is 56.4 Å². The molecule has 1 aliphatic heterocycles. The van der Waals surface area contributed by atoms with Crippen molar-refractivity contribution in [1.82, 2.24) is 0 Å². The van der Waals surface area contributed by atoms with Crippen LogP contribution in [0.25, 0.3) is 0 Å². The molecule has 0 bridgehead atoms. The summed E-state index contributed by atoms with van der Waals surface area (Å²) >= 11 is 0. The first kappa shape index (κ1) is 9.71. The first-order chi connectivity index (χ1) is 7.69. The fourth-order valence-corrected chi connectivity index (χ4v) is 2.78. The van der Waals surface area contributed by atoms with E-state index in [0.29, 0.717) is 5.92 Å². The zero-order valence-corrected chi connectivity index (χ0v) is 9.68. The van der Waals surface area contributed by atoms with Gasteiger partial charge in [0.1, 0.15) is 11.9 Å². The van der Waals surface area contributed by atoms with Gasteiger partial charge in [0.2, 0.25) is 0 Å². The Hall–Kier alpha value is -1.50. The van der Waals surface area contributed by atoms with E-state index < -0.39 is 0 Å². The van der Waals surface area contributed by atoms with Gasteiger partial charge in [-0.25, -0.2) is 0 Å². The van der Waals surface area contributed by atoms with Crippen LogP contribution in [0.5, 0.6) is 5.75 Å². The lowest BCUT2D eigenvalue weighted by molar-refractivity contribution is 0.123. The zero-order valence-electron chi connectivity index (χ0n) is 9.68. The van der Waals surface area contributed by atoms with Crippen LogP contribution >= 0.6 is 0 Å². The third-order valence-corrected chi connectivity index (χ3v) is 3.76. The van der Waals surface area contributed by atoms with E-state index in [1.54, 1.807) is 0 Å². The summed E-state index contributed by atoms with van der Waals surface area (Å²) in [5, 5.41) is 0. The van der Waals surface area contributed by atoms with E-state index in [4.69, 9.17) is 4.74 Å². The molecule has 1 aliphatic carbocycles. The Balaban J connectivity index is 2.15. The zero-order chi connectivity index (χ0) is 11.2. The molecule has 1 heterocycles. The molecule has 0 saturated carbocycles. The normalized spacial score (nSPS) is 29.1. The van der Waals surface area contributed by atoms with Crippen LogP contribution in [0.4, 0.5) is 0 Å². The van der Waals surface area contributed by atoms with Gasteiger partial charge in [0.05, 0.1) is 0 Å². The molecule has 1 nitrogen and oxygen atoms in total. The topological polar surface area (TPSA) is 9.23 Å². The molecule has 1 heteroatoms. The molecule has 2 aliphatic rings. The highest BCUT2D eigenvalue weighted by Gasteiger charge is 2.41. The Morgan fingerprint density at radius 2 is 1.81 bits per heavy atom. The highest BCUT2D eigenvalue weighted by Crippen LogP contribution is 2.45. The van der Waals surface area contributed by atoms with Crippen molar-refractivity contribution in [2.24, 2.45) is 5.92 Å². The fraction of sp³-hybridized carbons (Fsp3) is 0.333. The maximum absolute atomic E-state index is 6.03. The molecule has 1 aromatic carbocycles. The molecule has 0 saturated heterocycles. The number of hydrogen-bond donors (Lipinski definition) is 0. The van der Waals surface area contributed by atoms with Gasteiger partial charge in [0.25, 0.3) is 0 Å². The number of ether oxygens (including phenoxy) is 1. The maximum Gasteiger partial charge on any atom is 0.124 e. The summed E-state index contributed by atoms with van der Waals surface area (Å²) in [5.74, 6) is 1.47. The smallest absolute Gasteiger partial charge is 0.124 e. The standard InChI is InChI=1S/C15H16O/c1-15(2)11-7-3-5-9-13(11)16-14-10-6-4-8-12(14)15/h3-11,13H,1-2H3. The van der Waals surface area contributed by atoms with E-state index >= 15 is 0 Å². The largest absolute Gasteiger partial charge is 0.485 e. The molecule has 16 heavy (non-hydrogen) atoms. The number of benzene rings is 1. The predicted octanol–water partition coefficient (Wildman–Crippen LogP) is 3.47. The summed E-state index contributed by atoms with van der Waals surface area (Å²) < 4.78 is 6.03. The minimum atomic E-state index is 0.140. The molecule has 0 amide bonds. The van der Waals surface area contributed by atoms with Crippen molar-refractivity contribution in [3.05, 3.63) is 54.1 Å². The van der Waals surface area contributed by atoms with Crippen LogP contribution in [0.1, 0.15) is 19.4 Å². The molecular formula is C15H16O. The average Bonchev–Trinajstić information content (AvgIpc) is 2.29. The molecule has 0 N–H and O–H groups in total. The van der Waals surface area contributed by atoms with Crippen LogP contribution in [0.2, 0.25) is 0 Å². The Kier molecular flexibility index (Phi) is 1.97. The van der Waals surface area contributed by atoms with Gasteiger partial charge in [-0.15, -0.1) is 0 Å². The lowest BCUT2D eigenvalue weighted by Crippen LogP contribution is -2.43. The van der Waals surface area contributed by atoms with E-state index in [-0.39, 0.29) is 11.5 Å². The molecule has 2 unspecified atom stereocenters. The van der Waals surface area contributed by atoms with Gasteiger partial charge in [-0.3, -0.25) is 0 Å². The fourth-order valence-electron chi connectivity index (χ4n) is 2.78. The van der Waals surface area contributed by atoms with Crippen LogP contribution in [0, 0.1) is 5.92 Å². The van der Waals surface area contributed by atoms with Crippen molar-refractivity contribution in [3.8, 4) is 5.75 Å². The summed E-state index contributed by atoms with van der Waals surface area (Å²) in [6.45, 7) is 4.60. The second-order valence-corrected chi connectivity index (χ2v) is 5.10. The highest BCUT2D eigenvalue weighted by atomic mass is 16.5. The van der Waals surface area contributed by atoms with Crippen molar-refractivity contribution in [1.29, 1.82) is 0 Å². The lowest BCUT2D eigenvalue weighted by atomic mass is 9.68. The molecule has 1 aromatic rings. The van der Waals surface area contributed by atoms with Crippen LogP contribution in [0.3, 0.4) is 0 Å². The van der Waals surface area contributed by atoms with Crippen molar-refractivity contribution < 1.29 is 4.74 Å². The van der Waals surface area contributed by atoms with Gasteiger partial charge < -0.3 is 4.74 Å². The molecule has 0 radical (unpaired) electrons. The van der Waals surface area contributed by atoms with E-state index in [9.17, 15) is 0 Å². The Morgan fingerprint density at radius 3 is 2.69 bits per heavy atom. The monoisotopic (exact) mass is 212 g/mol. The van der Waals surface area contributed by atoms with Gasteiger partial charge in [0.15, 0.2) is 0 Å². The third kappa shape index (κ3) is 1.24. The lowest BCUT2D eigenvalue weighted by Gasteiger charge is -2.43. The van der Waals surface area contributed by atoms with Crippen LogP contribution in [0.15, 0.2) is 48.6 Å². The summed E-state index contributed by atoms with van der Waals surface area (Å²) in [5.41, 5.74) is 1.46. The second-order valence-electron chi connectivity index (χ2n) is 5.10. The number of hydrogen-bond acceptors (Lipinski definition) is 1. The summed E-state index contributed by atoms with van der Waals surface area (Å²) in [6.07, 6.45) is 8.81. The van der Waals surface area contributed by atoms with Crippen LogP contribution in [-0.2, 0) is 5.41 Å². The van der Waals surface area contributed by atoms with Crippen LogP contribution < -0.4 is 4.74 Å². The Morgan fingerprint density at radius 1 is 1.06 bits per heavy atom. The number of allylic oxidation sites excluding steroid dienone is 2. The van der Waals surface area contributed by atoms with Gasteiger partial charge in [-0.1, -0.05) is 50.3 Å². The van der Waals surface area contributed by atoms with Crippen molar-refractivity contribution in [2.75, 3.05) is 0 Å². The molecular weight excluding hydrogens is 196 g/mol. The van der Waals surface area contributed by atoms with Gasteiger partial charge >= 0.3 is 0 Å². The van der Waals surface area contributed by atoms with Crippen molar-refractivity contribution in [3.63, 3.8) is 0 Å². The predicted molar refractivity (Wildman–Crippen MR) is 65.7 cm³/mol. The van der Waals surface area contributed by atoms with E-state index in [1.807, 2.05) is 6.07 Å². The number of rotatable bonds is 0. The Bertz CT molecular complexity index is 468. The average molecular weight is 212 g/mol. The van der Waals surface area contributed by atoms with E-state index in [0.717, 1.165) is 5.75 Å². The van der Waals surface area contributed by atoms with Gasteiger partial charge in [0, 0.05) is 16.9 Å². The molecule has 0 aromatic heterocycles. The molecule has 2 atom stereocenters. The summed E-state index contributed by atoms with van der Waals surface area (Å²) in [6, 6.07) is 8.38. The maximum atomic E-state index is 6.03. The quantitative estimate of drug-likeness (QED) is 0.640. The van der Waals surface area contributed by atoms with Crippen molar-refractivity contribution >= 4 is 0 Å². The summed E-state index contributed by atoms with van der Waals surface area (Å²) in [7, 11) is 0. The highest BCUT2D eigenvalue weighted by molar-refractivity contribution is 5.44. The van der Waals surface area contributed by atoms with E-state index in [1.165, 1.54) is 5.56 Å². The second kappa shape index (κ2) is 3.24. The first-order valence-corrected chi connectivity index (χ1v) is 5.81. The van der Waals surface area contributed by atoms with Crippen LogP contribution in [-0.4, -0.2) is 6.10 Å². The molecule has 3 rings (SSSR count). The van der Waals surface area contributed by atoms with Crippen molar-refractivity contribution in [2.45, 2.75) is 25.4 Å². The minimum Gasteiger partial charge on any atom is -0.485 e. The minimum absolute atomic E-state index is 0.140. The third-order valence-electron chi connectivity index (χ3n) is 3.76. The van der Waals surface area contributed by atoms with Gasteiger partial charge in [-0.2, -0.15) is 0 Å². The SMILES string of the molecule is CC1(C)c2ccccc2OC2C=CC=CC21. The molecule has 0 fully saturated rings. The summed E-state index contributed by atoms with van der Waals surface area (Å²) in [4.78, 5) is 0. The number of para-hydroxylation sites is 1. The van der Waals surface area contributed by atoms with Gasteiger partial charge in [-0.05, 0) is 12.1 Å². The molecule has 0 spiro atoms.